The standard InChI is InChI=1S/C15H23NO4S/c1-4-5-6-7-12(3)16-21(19,20)13-9-8-11(2)14(10-13)15(17)18/h8-10,12,16H,4-7H2,1-3H3,(H,17,18). The van der Waals surface area contributed by atoms with Gasteiger partial charge in [0.25, 0.3) is 0 Å². The quantitative estimate of drug-likeness (QED) is 0.723. The molecule has 0 saturated heterocycles. The summed E-state index contributed by atoms with van der Waals surface area (Å²) in [6, 6.07) is 3.98. The third kappa shape index (κ3) is 5.13. The summed E-state index contributed by atoms with van der Waals surface area (Å²) in [5.41, 5.74) is 0.550. The van der Waals surface area contributed by atoms with Crippen molar-refractivity contribution in [2.24, 2.45) is 0 Å². The normalized spacial score (nSPS) is 13.1. The largest absolute Gasteiger partial charge is 0.478 e. The first kappa shape index (κ1) is 17.7. The van der Waals surface area contributed by atoms with Gasteiger partial charge in [0.05, 0.1) is 10.5 Å². The molecule has 0 heterocycles. The SMILES string of the molecule is CCCCCC(C)NS(=O)(=O)c1ccc(C)c(C(=O)O)c1. The van der Waals surface area contributed by atoms with Gasteiger partial charge in [-0.1, -0.05) is 32.3 Å². The second-order valence-corrected chi connectivity index (χ2v) is 7.01. The van der Waals surface area contributed by atoms with Gasteiger partial charge < -0.3 is 5.11 Å². The predicted molar refractivity (Wildman–Crippen MR) is 82.1 cm³/mol. The molecule has 0 fully saturated rings. The highest BCUT2D eigenvalue weighted by molar-refractivity contribution is 7.89. The van der Waals surface area contributed by atoms with Crippen molar-refractivity contribution < 1.29 is 18.3 Å². The van der Waals surface area contributed by atoms with E-state index < -0.39 is 16.0 Å². The maximum Gasteiger partial charge on any atom is 0.335 e. The van der Waals surface area contributed by atoms with Crippen molar-refractivity contribution in [1.29, 1.82) is 0 Å². The van der Waals surface area contributed by atoms with Gasteiger partial charge >= 0.3 is 5.97 Å². The van der Waals surface area contributed by atoms with E-state index in [1.165, 1.54) is 18.2 Å². The zero-order valence-electron chi connectivity index (χ0n) is 12.7. The summed E-state index contributed by atoms with van der Waals surface area (Å²) >= 11 is 0. The summed E-state index contributed by atoms with van der Waals surface area (Å²) in [4.78, 5) is 11.1. The number of nitrogens with one attached hydrogen (secondary N) is 1. The van der Waals surface area contributed by atoms with Gasteiger partial charge in [0.15, 0.2) is 0 Å². The minimum atomic E-state index is -3.68. The van der Waals surface area contributed by atoms with E-state index in [-0.39, 0.29) is 16.5 Å². The highest BCUT2D eigenvalue weighted by Crippen LogP contribution is 2.16. The Morgan fingerprint density at radius 3 is 2.57 bits per heavy atom. The Kier molecular flexibility index (Phi) is 6.36. The van der Waals surface area contributed by atoms with Crippen LogP contribution in [-0.2, 0) is 10.0 Å². The number of rotatable bonds is 8. The second-order valence-electron chi connectivity index (χ2n) is 5.30. The number of sulfonamides is 1. The average molecular weight is 313 g/mol. The maximum absolute atomic E-state index is 12.3. The van der Waals surface area contributed by atoms with Crippen LogP contribution in [0.4, 0.5) is 0 Å². The number of unbranched alkanes of at least 4 members (excludes halogenated alkanes) is 2. The van der Waals surface area contributed by atoms with E-state index in [9.17, 15) is 13.2 Å². The van der Waals surface area contributed by atoms with Crippen molar-refractivity contribution in [3.05, 3.63) is 29.3 Å². The van der Waals surface area contributed by atoms with Crippen molar-refractivity contribution in [2.75, 3.05) is 0 Å². The topological polar surface area (TPSA) is 83.5 Å². The number of benzene rings is 1. The van der Waals surface area contributed by atoms with Crippen LogP contribution in [0.2, 0.25) is 0 Å². The molecule has 1 unspecified atom stereocenters. The highest BCUT2D eigenvalue weighted by atomic mass is 32.2. The number of carboxylic acid groups (broad SMARTS) is 1. The van der Waals surface area contributed by atoms with Gasteiger partial charge in [0, 0.05) is 6.04 Å². The fourth-order valence-electron chi connectivity index (χ4n) is 2.09. The molecule has 0 amide bonds. The Hall–Kier alpha value is -1.40. The van der Waals surface area contributed by atoms with Crippen LogP contribution in [0.3, 0.4) is 0 Å². The zero-order valence-corrected chi connectivity index (χ0v) is 13.5. The smallest absolute Gasteiger partial charge is 0.335 e. The molecule has 0 radical (unpaired) electrons. The molecule has 0 saturated carbocycles. The molecule has 1 aromatic rings. The lowest BCUT2D eigenvalue weighted by Gasteiger charge is -2.14. The first-order chi connectivity index (χ1) is 9.77. The van der Waals surface area contributed by atoms with Crippen LogP contribution in [0, 0.1) is 6.92 Å². The van der Waals surface area contributed by atoms with Crippen molar-refractivity contribution in [3.8, 4) is 0 Å². The molecule has 5 nitrogen and oxygen atoms in total. The molecular formula is C15H23NO4S. The van der Waals surface area contributed by atoms with E-state index in [1.807, 2.05) is 6.92 Å². The van der Waals surface area contributed by atoms with Crippen LogP contribution in [0.15, 0.2) is 23.1 Å². The Bertz CT molecular complexity index is 596. The first-order valence-electron chi connectivity index (χ1n) is 7.14. The number of aryl methyl sites for hydroxylation is 1. The van der Waals surface area contributed by atoms with Gasteiger partial charge in [-0.15, -0.1) is 0 Å². The molecule has 1 aromatic carbocycles. The van der Waals surface area contributed by atoms with Crippen molar-refractivity contribution in [3.63, 3.8) is 0 Å². The molecule has 21 heavy (non-hydrogen) atoms. The fraction of sp³-hybridized carbons (Fsp3) is 0.533. The summed E-state index contributed by atoms with van der Waals surface area (Å²) in [6.45, 7) is 5.55. The van der Waals surface area contributed by atoms with Crippen LogP contribution in [0.25, 0.3) is 0 Å². The monoisotopic (exact) mass is 313 g/mol. The summed E-state index contributed by atoms with van der Waals surface area (Å²) in [7, 11) is -3.68. The molecule has 1 rings (SSSR count). The highest BCUT2D eigenvalue weighted by Gasteiger charge is 2.19. The third-order valence-corrected chi connectivity index (χ3v) is 4.93. The van der Waals surface area contributed by atoms with Gasteiger partial charge in [0.1, 0.15) is 0 Å². The van der Waals surface area contributed by atoms with E-state index in [2.05, 4.69) is 11.6 Å². The van der Waals surface area contributed by atoms with E-state index in [0.29, 0.717) is 5.56 Å². The Morgan fingerprint density at radius 1 is 1.33 bits per heavy atom. The Morgan fingerprint density at radius 2 is 2.00 bits per heavy atom. The second kappa shape index (κ2) is 7.56. The molecule has 0 aliphatic heterocycles. The van der Waals surface area contributed by atoms with E-state index in [1.54, 1.807) is 6.92 Å². The Balaban J connectivity index is 2.88. The van der Waals surface area contributed by atoms with E-state index >= 15 is 0 Å². The number of hydrogen-bond acceptors (Lipinski definition) is 3. The predicted octanol–water partition coefficient (Wildman–Crippen LogP) is 2.94. The molecular weight excluding hydrogens is 290 g/mol. The zero-order chi connectivity index (χ0) is 16.0. The minimum Gasteiger partial charge on any atom is -0.478 e. The van der Waals surface area contributed by atoms with Crippen LogP contribution in [-0.4, -0.2) is 25.5 Å². The number of carbonyl (C=O) groups is 1. The molecule has 0 aliphatic carbocycles. The van der Waals surface area contributed by atoms with Crippen LogP contribution < -0.4 is 4.72 Å². The first-order valence-corrected chi connectivity index (χ1v) is 8.62. The number of hydrogen-bond donors (Lipinski definition) is 2. The maximum atomic E-state index is 12.3. The van der Waals surface area contributed by atoms with E-state index in [4.69, 9.17) is 5.11 Å². The fourth-order valence-corrected chi connectivity index (χ4v) is 3.39. The van der Waals surface area contributed by atoms with Crippen LogP contribution in [0.5, 0.6) is 0 Å². The van der Waals surface area contributed by atoms with Crippen LogP contribution in [0.1, 0.15) is 55.5 Å². The lowest BCUT2D eigenvalue weighted by atomic mass is 10.1. The molecule has 1 atom stereocenters. The molecule has 0 bridgehead atoms. The van der Waals surface area contributed by atoms with E-state index in [0.717, 1.165) is 25.7 Å². The molecule has 0 aromatic heterocycles. The van der Waals surface area contributed by atoms with Gasteiger partial charge in [-0.3, -0.25) is 0 Å². The number of aromatic carboxylic acids is 1. The molecule has 0 aliphatic rings. The summed E-state index contributed by atoms with van der Waals surface area (Å²) in [5.74, 6) is -1.12. The summed E-state index contributed by atoms with van der Waals surface area (Å²) < 4.78 is 27.1. The lowest BCUT2D eigenvalue weighted by molar-refractivity contribution is 0.0696. The summed E-state index contributed by atoms with van der Waals surface area (Å²) in [6.07, 6.45) is 3.89. The molecule has 2 N–H and O–H groups in total. The minimum absolute atomic E-state index is 0.00663. The van der Waals surface area contributed by atoms with Gasteiger partial charge in [-0.2, -0.15) is 0 Å². The average Bonchev–Trinajstić information content (AvgIpc) is 2.38. The van der Waals surface area contributed by atoms with Crippen molar-refractivity contribution in [2.45, 2.75) is 57.4 Å². The number of carboxylic acids is 1. The van der Waals surface area contributed by atoms with Gasteiger partial charge in [-0.05, 0) is 38.0 Å². The molecule has 0 spiro atoms. The van der Waals surface area contributed by atoms with Gasteiger partial charge in [-0.25, -0.2) is 17.9 Å². The summed E-state index contributed by atoms with van der Waals surface area (Å²) in [5, 5.41) is 9.07. The molecule has 118 valence electrons. The van der Waals surface area contributed by atoms with Crippen molar-refractivity contribution >= 4 is 16.0 Å². The van der Waals surface area contributed by atoms with Crippen molar-refractivity contribution in [1.82, 2.24) is 4.72 Å². The molecule has 6 heteroatoms. The van der Waals surface area contributed by atoms with Gasteiger partial charge in [0.2, 0.25) is 10.0 Å². The van der Waals surface area contributed by atoms with Crippen LogP contribution >= 0.6 is 0 Å². The lowest BCUT2D eigenvalue weighted by Crippen LogP contribution is -2.32. The third-order valence-electron chi connectivity index (χ3n) is 3.35. The Labute approximate surface area is 126 Å².